The van der Waals surface area contributed by atoms with Crippen molar-refractivity contribution in [2.75, 3.05) is 13.2 Å². The first-order chi connectivity index (χ1) is 9.72. The maximum Gasteiger partial charge on any atom is 0.184 e. The molecule has 4 unspecified atom stereocenters. The van der Waals surface area contributed by atoms with Crippen LogP contribution in [0.15, 0.2) is 24.3 Å². The molecule has 1 aromatic carbocycles. The van der Waals surface area contributed by atoms with E-state index < -0.39 is 0 Å². The minimum Gasteiger partial charge on any atom is -0.348 e. The molecular weight excluding hydrogens is 256 g/mol. The molecule has 0 saturated carbocycles. The van der Waals surface area contributed by atoms with Gasteiger partial charge in [-0.2, -0.15) is 0 Å². The second-order valence-electron chi connectivity index (χ2n) is 5.54. The van der Waals surface area contributed by atoms with Crippen LogP contribution in [0.4, 0.5) is 0 Å². The fraction of sp³-hybridized carbons (Fsp3) is 0.625. The van der Waals surface area contributed by atoms with Crippen molar-refractivity contribution in [1.29, 1.82) is 0 Å². The highest BCUT2D eigenvalue weighted by molar-refractivity contribution is 5.24. The Morgan fingerprint density at radius 2 is 1.15 bits per heavy atom. The minimum atomic E-state index is -0.250. The predicted molar refractivity (Wildman–Crippen MR) is 74.2 cm³/mol. The normalized spacial score (nSPS) is 34.9. The molecule has 0 aromatic heterocycles. The van der Waals surface area contributed by atoms with Crippen molar-refractivity contribution >= 4 is 0 Å². The van der Waals surface area contributed by atoms with Crippen LogP contribution >= 0.6 is 0 Å². The Morgan fingerprint density at radius 1 is 0.750 bits per heavy atom. The highest BCUT2D eigenvalue weighted by atomic mass is 16.7. The minimum absolute atomic E-state index is 0.249. The van der Waals surface area contributed by atoms with Gasteiger partial charge in [0, 0.05) is 11.1 Å². The summed E-state index contributed by atoms with van der Waals surface area (Å²) in [6.07, 6.45) is 1.91. The molecule has 110 valence electrons. The van der Waals surface area contributed by atoms with Crippen LogP contribution in [-0.4, -0.2) is 25.4 Å². The Bertz CT molecular complexity index is 390. The number of ether oxygens (including phenoxy) is 4. The number of benzene rings is 1. The quantitative estimate of drug-likeness (QED) is 0.831. The van der Waals surface area contributed by atoms with Crippen LogP contribution in [0.1, 0.15) is 50.4 Å². The summed E-state index contributed by atoms with van der Waals surface area (Å²) in [5.41, 5.74) is 2.09. The Morgan fingerprint density at radius 3 is 1.50 bits per heavy atom. The van der Waals surface area contributed by atoms with E-state index in [1.165, 1.54) is 0 Å². The van der Waals surface area contributed by atoms with Gasteiger partial charge < -0.3 is 18.9 Å². The maximum absolute atomic E-state index is 5.79. The lowest BCUT2D eigenvalue weighted by Gasteiger charge is -2.30. The van der Waals surface area contributed by atoms with Crippen LogP contribution < -0.4 is 0 Å². The maximum atomic E-state index is 5.79. The number of hydrogen-bond acceptors (Lipinski definition) is 4. The van der Waals surface area contributed by atoms with E-state index in [0.29, 0.717) is 0 Å². The summed E-state index contributed by atoms with van der Waals surface area (Å²) in [7, 11) is 0. The van der Waals surface area contributed by atoms with E-state index in [2.05, 4.69) is 13.8 Å². The summed E-state index contributed by atoms with van der Waals surface area (Å²) in [5, 5.41) is 0. The van der Waals surface area contributed by atoms with Crippen LogP contribution in [0.3, 0.4) is 0 Å². The largest absolute Gasteiger partial charge is 0.348 e. The summed E-state index contributed by atoms with van der Waals surface area (Å²) in [6, 6.07) is 8.13. The lowest BCUT2D eigenvalue weighted by Crippen LogP contribution is -2.25. The summed E-state index contributed by atoms with van der Waals surface area (Å²) in [5.74, 6) is 0. The molecule has 0 spiro atoms. The van der Waals surface area contributed by atoms with E-state index >= 15 is 0 Å². The van der Waals surface area contributed by atoms with Crippen molar-refractivity contribution in [1.82, 2.24) is 0 Å². The topological polar surface area (TPSA) is 36.9 Å². The third-order valence-electron chi connectivity index (χ3n) is 3.78. The molecule has 2 fully saturated rings. The van der Waals surface area contributed by atoms with Crippen LogP contribution in [0.5, 0.6) is 0 Å². The Balaban J connectivity index is 1.67. The standard InChI is InChI=1S/C16H22O4/c1-11-7-9-17-15(19-11)13-3-5-14(6-4-13)16-18-10-8-12(2)20-16/h3-6,11-12,15-16H,7-10H2,1-2H3. The molecular formula is C16H22O4. The van der Waals surface area contributed by atoms with Gasteiger partial charge in [0.2, 0.25) is 0 Å². The Labute approximate surface area is 120 Å². The van der Waals surface area contributed by atoms with Crippen molar-refractivity contribution in [2.45, 2.75) is 51.5 Å². The van der Waals surface area contributed by atoms with E-state index in [9.17, 15) is 0 Å². The van der Waals surface area contributed by atoms with Gasteiger partial charge in [0.15, 0.2) is 12.6 Å². The third kappa shape index (κ3) is 3.20. The van der Waals surface area contributed by atoms with Crippen molar-refractivity contribution in [2.24, 2.45) is 0 Å². The molecule has 4 atom stereocenters. The van der Waals surface area contributed by atoms with Gasteiger partial charge in [0.05, 0.1) is 25.4 Å². The van der Waals surface area contributed by atoms with Gasteiger partial charge in [-0.1, -0.05) is 24.3 Å². The number of hydrogen-bond donors (Lipinski definition) is 0. The Hall–Kier alpha value is -0.940. The van der Waals surface area contributed by atoms with Crippen molar-refractivity contribution in [3.8, 4) is 0 Å². The van der Waals surface area contributed by atoms with E-state index in [1.54, 1.807) is 0 Å². The van der Waals surface area contributed by atoms with E-state index in [-0.39, 0.29) is 24.8 Å². The smallest absolute Gasteiger partial charge is 0.184 e. The van der Waals surface area contributed by atoms with E-state index in [1.807, 2.05) is 24.3 Å². The second-order valence-corrected chi connectivity index (χ2v) is 5.54. The van der Waals surface area contributed by atoms with E-state index in [0.717, 1.165) is 37.2 Å². The molecule has 0 aliphatic carbocycles. The van der Waals surface area contributed by atoms with Crippen LogP contribution in [0.2, 0.25) is 0 Å². The van der Waals surface area contributed by atoms with Gasteiger partial charge >= 0.3 is 0 Å². The molecule has 20 heavy (non-hydrogen) atoms. The lowest BCUT2D eigenvalue weighted by atomic mass is 10.1. The highest BCUT2D eigenvalue weighted by Gasteiger charge is 2.24. The molecule has 2 aliphatic heterocycles. The number of rotatable bonds is 2. The Kier molecular flexibility index (Phi) is 4.36. The molecule has 1 aromatic rings. The highest BCUT2D eigenvalue weighted by Crippen LogP contribution is 2.30. The van der Waals surface area contributed by atoms with E-state index in [4.69, 9.17) is 18.9 Å². The molecule has 2 aliphatic rings. The van der Waals surface area contributed by atoms with Gasteiger partial charge in [0.25, 0.3) is 0 Å². The zero-order valence-corrected chi connectivity index (χ0v) is 12.1. The first-order valence-electron chi connectivity index (χ1n) is 7.36. The van der Waals surface area contributed by atoms with Gasteiger partial charge in [0.1, 0.15) is 0 Å². The van der Waals surface area contributed by atoms with Gasteiger partial charge in [-0.05, 0) is 26.7 Å². The van der Waals surface area contributed by atoms with Gasteiger partial charge in [-0.25, -0.2) is 0 Å². The fourth-order valence-corrected chi connectivity index (χ4v) is 2.48. The monoisotopic (exact) mass is 278 g/mol. The fourth-order valence-electron chi connectivity index (χ4n) is 2.48. The molecule has 0 amide bonds. The third-order valence-corrected chi connectivity index (χ3v) is 3.78. The summed E-state index contributed by atoms with van der Waals surface area (Å²) >= 11 is 0. The molecule has 4 nitrogen and oxygen atoms in total. The van der Waals surface area contributed by atoms with Crippen LogP contribution in [-0.2, 0) is 18.9 Å². The first-order valence-corrected chi connectivity index (χ1v) is 7.36. The summed E-state index contributed by atoms with van der Waals surface area (Å²) in [6.45, 7) is 5.66. The first kappa shape index (κ1) is 14.0. The molecule has 0 bridgehead atoms. The molecule has 2 heterocycles. The van der Waals surface area contributed by atoms with Crippen LogP contribution in [0.25, 0.3) is 0 Å². The molecule has 0 N–H and O–H groups in total. The molecule has 4 heteroatoms. The lowest BCUT2D eigenvalue weighted by molar-refractivity contribution is -0.214. The molecule has 3 rings (SSSR count). The molecule has 2 saturated heterocycles. The van der Waals surface area contributed by atoms with Crippen molar-refractivity contribution < 1.29 is 18.9 Å². The zero-order chi connectivity index (χ0) is 13.9. The average molecular weight is 278 g/mol. The van der Waals surface area contributed by atoms with Gasteiger partial charge in [-0.3, -0.25) is 0 Å². The van der Waals surface area contributed by atoms with Crippen molar-refractivity contribution in [3.63, 3.8) is 0 Å². The predicted octanol–water partition coefficient (Wildman–Crippen LogP) is 3.33. The molecule has 0 radical (unpaired) electrons. The average Bonchev–Trinajstić information content (AvgIpc) is 2.47. The summed E-state index contributed by atoms with van der Waals surface area (Å²) in [4.78, 5) is 0. The summed E-state index contributed by atoms with van der Waals surface area (Å²) < 4.78 is 22.9. The van der Waals surface area contributed by atoms with Crippen LogP contribution in [0, 0.1) is 0 Å². The second kappa shape index (κ2) is 6.22. The van der Waals surface area contributed by atoms with Crippen molar-refractivity contribution in [3.05, 3.63) is 35.4 Å². The van der Waals surface area contributed by atoms with Gasteiger partial charge in [-0.15, -0.1) is 0 Å². The SMILES string of the molecule is CC1CCOC(c2ccc(C3OCCC(C)O3)cc2)O1. The zero-order valence-electron chi connectivity index (χ0n) is 12.1.